The highest BCUT2D eigenvalue weighted by molar-refractivity contribution is 6.34. The lowest BCUT2D eigenvalue weighted by Gasteiger charge is -2.12. The van der Waals surface area contributed by atoms with E-state index < -0.39 is 11.8 Å². The maximum absolute atomic E-state index is 14.1. The van der Waals surface area contributed by atoms with Crippen LogP contribution in [0.5, 0.6) is 0 Å². The van der Waals surface area contributed by atoms with Crippen molar-refractivity contribution in [1.29, 1.82) is 0 Å². The van der Waals surface area contributed by atoms with Crippen LogP contribution in [0.1, 0.15) is 15.9 Å². The number of carboxylic acids is 1. The monoisotopic (exact) mass is 315 g/mol. The highest BCUT2D eigenvalue weighted by Gasteiger charge is 2.16. The van der Waals surface area contributed by atoms with Crippen LogP contribution >= 0.6 is 11.6 Å². The molecule has 0 spiro atoms. The number of hydrogen-bond acceptors (Lipinski definition) is 2. The zero-order valence-corrected chi connectivity index (χ0v) is 12.4. The summed E-state index contributed by atoms with van der Waals surface area (Å²) in [4.78, 5) is 15.5. The lowest BCUT2D eigenvalue weighted by atomic mass is 9.97. The van der Waals surface area contributed by atoms with Crippen LogP contribution in [0.4, 0.5) is 4.39 Å². The molecule has 0 radical (unpaired) electrons. The fourth-order valence-electron chi connectivity index (χ4n) is 2.52. The highest BCUT2D eigenvalue weighted by atomic mass is 35.5. The number of nitrogens with zero attached hydrogens (tertiary/aromatic N) is 1. The van der Waals surface area contributed by atoms with Gasteiger partial charge in [-0.25, -0.2) is 9.18 Å². The molecule has 0 fully saturated rings. The number of benzene rings is 2. The fraction of sp³-hybridized carbons (Fsp3) is 0.0588. The largest absolute Gasteiger partial charge is 0.478 e. The number of rotatable bonds is 2. The molecule has 22 heavy (non-hydrogen) atoms. The molecule has 3 aromatic rings. The Bertz CT molecular complexity index is 909. The Morgan fingerprint density at radius 2 is 2.00 bits per heavy atom. The van der Waals surface area contributed by atoms with Gasteiger partial charge in [-0.05, 0) is 30.7 Å². The number of carboxylic acid groups (broad SMARTS) is 1. The third-order valence-electron chi connectivity index (χ3n) is 3.51. The van der Waals surface area contributed by atoms with Crippen molar-refractivity contribution in [2.24, 2.45) is 0 Å². The van der Waals surface area contributed by atoms with Crippen molar-refractivity contribution in [2.45, 2.75) is 6.92 Å². The molecule has 2 aromatic carbocycles. The molecule has 3 nitrogen and oxygen atoms in total. The molecule has 1 N–H and O–H groups in total. The minimum absolute atomic E-state index is 0.117. The van der Waals surface area contributed by atoms with Gasteiger partial charge in [-0.3, -0.25) is 4.98 Å². The molecular weight excluding hydrogens is 305 g/mol. The van der Waals surface area contributed by atoms with Crippen LogP contribution in [0, 0.1) is 12.7 Å². The third kappa shape index (κ3) is 2.31. The van der Waals surface area contributed by atoms with E-state index in [4.69, 9.17) is 11.6 Å². The second kappa shape index (κ2) is 5.39. The summed E-state index contributed by atoms with van der Waals surface area (Å²) in [7, 11) is 0. The molecule has 0 aliphatic carbocycles. The van der Waals surface area contributed by atoms with Gasteiger partial charge in [0.2, 0.25) is 0 Å². The van der Waals surface area contributed by atoms with Crippen molar-refractivity contribution in [1.82, 2.24) is 4.98 Å². The first-order chi connectivity index (χ1) is 10.5. The second-order valence-corrected chi connectivity index (χ2v) is 5.36. The lowest BCUT2D eigenvalue weighted by Crippen LogP contribution is -1.99. The lowest BCUT2D eigenvalue weighted by molar-refractivity contribution is 0.0697. The SMILES string of the molecule is Cc1cc(C(=O)O)cc2c(-c3ccccc3F)c(Cl)cnc12. The third-order valence-corrected chi connectivity index (χ3v) is 3.79. The predicted molar refractivity (Wildman–Crippen MR) is 83.8 cm³/mol. The van der Waals surface area contributed by atoms with Crippen LogP contribution < -0.4 is 0 Å². The van der Waals surface area contributed by atoms with Gasteiger partial charge in [0, 0.05) is 22.7 Å². The van der Waals surface area contributed by atoms with E-state index in [0.717, 1.165) is 0 Å². The van der Waals surface area contributed by atoms with E-state index in [-0.39, 0.29) is 10.6 Å². The van der Waals surface area contributed by atoms with Gasteiger partial charge in [0.15, 0.2) is 0 Å². The Morgan fingerprint density at radius 3 is 2.68 bits per heavy atom. The first kappa shape index (κ1) is 14.5. The standard InChI is InChI=1S/C17H11ClFNO2/c1-9-6-10(17(21)22)7-12-15(13(18)8-20-16(9)12)11-4-2-3-5-14(11)19/h2-8H,1H3,(H,21,22). The Balaban J connectivity index is 2.45. The van der Waals surface area contributed by atoms with Crippen molar-refractivity contribution in [3.8, 4) is 11.1 Å². The molecule has 0 aliphatic rings. The van der Waals surface area contributed by atoms with Gasteiger partial charge in [-0.1, -0.05) is 29.8 Å². The minimum Gasteiger partial charge on any atom is -0.478 e. The van der Waals surface area contributed by atoms with E-state index in [0.29, 0.717) is 27.6 Å². The van der Waals surface area contributed by atoms with Crippen molar-refractivity contribution in [3.63, 3.8) is 0 Å². The van der Waals surface area contributed by atoms with Crippen molar-refractivity contribution < 1.29 is 14.3 Å². The Morgan fingerprint density at radius 1 is 1.27 bits per heavy atom. The number of halogens is 2. The summed E-state index contributed by atoms with van der Waals surface area (Å²) in [5.74, 6) is -1.47. The average molecular weight is 316 g/mol. The summed E-state index contributed by atoms with van der Waals surface area (Å²) in [5.41, 5.74) is 2.20. The molecule has 0 saturated heterocycles. The second-order valence-electron chi connectivity index (χ2n) is 4.96. The Labute approximate surface area is 131 Å². The number of carbonyl (C=O) groups is 1. The minimum atomic E-state index is -1.05. The highest BCUT2D eigenvalue weighted by Crippen LogP contribution is 2.36. The summed E-state index contributed by atoms with van der Waals surface area (Å²) in [6.07, 6.45) is 1.46. The molecule has 0 unspecified atom stereocenters. The van der Waals surface area contributed by atoms with Crippen LogP contribution in [0.25, 0.3) is 22.0 Å². The molecule has 0 bridgehead atoms. The number of pyridine rings is 1. The first-order valence-corrected chi connectivity index (χ1v) is 6.94. The number of aromatic carboxylic acids is 1. The molecule has 1 heterocycles. The molecule has 0 atom stereocenters. The van der Waals surface area contributed by atoms with Crippen LogP contribution in [0.15, 0.2) is 42.6 Å². The van der Waals surface area contributed by atoms with Gasteiger partial charge in [0.1, 0.15) is 5.82 Å². The molecule has 3 rings (SSSR count). The van der Waals surface area contributed by atoms with Gasteiger partial charge < -0.3 is 5.11 Å². The van der Waals surface area contributed by atoms with Crippen molar-refractivity contribution in [2.75, 3.05) is 0 Å². The number of aromatic nitrogens is 1. The summed E-state index contributed by atoms with van der Waals surface area (Å²) < 4.78 is 14.1. The maximum Gasteiger partial charge on any atom is 0.335 e. The summed E-state index contributed by atoms with van der Waals surface area (Å²) in [5, 5.41) is 10.0. The van der Waals surface area contributed by atoms with E-state index in [2.05, 4.69) is 4.98 Å². The summed E-state index contributed by atoms with van der Waals surface area (Å²) in [6.45, 7) is 1.76. The zero-order valence-electron chi connectivity index (χ0n) is 11.6. The molecule has 1 aromatic heterocycles. The van der Waals surface area contributed by atoms with E-state index in [1.54, 1.807) is 25.1 Å². The van der Waals surface area contributed by atoms with E-state index in [9.17, 15) is 14.3 Å². The van der Waals surface area contributed by atoms with Gasteiger partial charge >= 0.3 is 5.97 Å². The van der Waals surface area contributed by atoms with E-state index >= 15 is 0 Å². The van der Waals surface area contributed by atoms with Crippen LogP contribution in [-0.4, -0.2) is 16.1 Å². The molecule has 5 heteroatoms. The van der Waals surface area contributed by atoms with Crippen molar-refractivity contribution >= 4 is 28.5 Å². The van der Waals surface area contributed by atoms with Crippen LogP contribution in [0.3, 0.4) is 0 Å². The average Bonchev–Trinajstić information content (AvgIpc) is 2.48. The predicted octanol–water partition coefficient (Wildman–Crippen LogP) is 4.70. The molecular formula is C17H11ClFNO2. The molecule has 0 amide bonds. The van der Waals surface area contributed by atoms with Gasteiger partial charge in [-0.2, -0.15) is 0 Å². The van der Waals surface area contributed by atoms with Gasteiger partial charge in [0.25, 0.3) is 0 Å². The number of aryl methyl sites for hydroxylation is 1. The molecule has 0 aliphatic heterocycles. The number of fused-ring (bicyclic) bond motifs is 1. The molecule has 110 valence electrons. The summed E-state index contributed by atoms with van der Waals surface area (Å²) in [6, 6.07) is 9.26. The van der Waals surface area contributed by atoms with Gasteiger partial charge in [0.05, 0.1) is 16.1 Å². The fourth-order valence-corrected chi connectivity index (χ4v) is 2.77. The van der Waals surface area contributed by atoms with Gasteiger partial charge in [-0.15, -0.1) is 0 Å². The maximum atomic E-state index is 14.1. The Kier molecular flexibility index (Phi) is 3.54. The van der Waals surface area contributed by atoms with E-state index in [1.807, 2.05) is 0 Å². The summed E-state index contributed by atoms with van der Waals surface area (Å²) >= 11 is 6.22. The van der Waals surface area contributed by atoms with Crippen LogP contribution in [0.2, 0.25) is 5.02 Å². The Hall–Kier alpha value is -2.46. The van der Waals surface area contributed by atoms with E-state index in [1.165, 1.54) is 24.4 Å². The zero-order chi connectivity index (χ0) is 15.9. The number of hydrogen-bond donors (Lipinski definition) is 1. The quantitative estimate of drug-likeness (QED) is 0.745. The topological polar surface area (TPSA) is 50.2 Å². The smallest absolute Gasteiger partial charge is 0.335 e. The normalized spacial score (nSPS) is 10.9. The molecule has 0 saturated carbocycles. The van der Waals surface area contributed by atoms with Crippen molar-refractivity contribution in [3.05, 3.63) is 64.6 Å². The first-order valence-electron chi connectivity index (χ1n) is 6.56. The van der Waals surface area contributed by atoms with Crippen LogP contribution in [-0.2, 0) is 0 Å².